The lowest BCUT2D eigenvalue weighted by Crippen LogP contribution is -2.05. The number of ether oxygens (including phenoxy) is 1. The molecule has 88 valence electrons. The van der Waals surface area contributed by atoms with Gasteiger partial charge in [0.25, 0.3) is 0 Å². The summed E-state index contributed by atoms with van der Waals surface area (Å²) in [6.07, 6.45) is 1.71. The number of benzene rings is 1. The highest BCUT2D eigenvalue weighted by molar-refractivity contribution is 14.1. The van der Waals surface area contributed by atoms with Crippen LogP contribution in [0.1, 0.15) is 18.5 Å². The molecule has 0 aliphatic rings. The molecule has 0 saturated heterocycles. The number of rotatable bonds is 3. The van der Waals surface area contributed by atoms with Crippen molar-refractivity contribution in [3.63, 3.8) is 0 Å². The quantitative estimate of drug-likeness (QED) is 0.870. The first-order valence-corrected chi connectivity index (χ1v) is 6.38. The van der Waals surface area contributed by atoms with Crippen LogP contribution in [-0.2, 0) is 0 Å². The monoisotopic (exact) mass is 340 g/mol. The maximum atomic E-state index is 5.81. The van der Waals surface area contributed by atoms with Gasteiger partial charge in [-0.15, -0.1) is 0 Å². The molecule has 1 heterocycles. The number of hydrogen-bond donors (Lipinski definition) is 1. The normalized spacial score (nSPS) is 12.2. The number of hydrogen-bond acceptors (Lipinski definition) is 3. The Balaban J connectivity index is 2.18. The van der Waals surface area contributed by atoms with E-state index in [0.29, 0.717) is 5.88 Å². The van der Waals surface area contributed by atoms with Crippen molar-refractivity contribution in [2.24, 2.45) is 5.73 Å². The van der Waals surface area contributed by atoms with Crippen LogP contribution in [0.15, 0.2) is 42.6 Å². The zero-order valence-electron chi connectivity index (χ0n) is 9.43. The molecule has 0 amide bonds. The largest absolute Gasteiger partial charge is 0.439 e. The van der Waals surface area contributed by atoms with E-state index in [1.54, 1.807) is 6.20 Å². The van der Waals surface area contributed by atoms with Gasteiger partial charge >= 0.3 is 0 Å². The van der Waals surface area contributed by atoms with E-state index < -0.39 is 0 Å². The van der Waals surface area contributed by atoms with Gasteiger partial charge in [0.1, 0.15) is 5.75 Å². The van der Waals surface area contributed by atoms with Crippen molar-refractivity contribution in [2.75, 3.05) is 0 Å². The number of halogens is 1. The molecular weight excluding hydrogens is 327 g/mol. The molecule has 0 radical (unpaired) electrons. The summed E-state index contributed by atoms with van der Waals surface area (Å²) in [7, 11) is 0. The van der Waals surface area contributed by atoms with Crippen LogP contribution < -0.4 is 10.5 Å². The van der Waals surface area contributed by atoms with Crippen LogP contribution in [0.3, 0.4) is 0 Å². The van der Waals surface area contributed by atoms with Crippen molar-refractivity contribution in [3.05, 3.63) is 51.7 Å². The minimum Gasteiger partial charge on any atom is -0.439 e. The maximum absolute atomic E-state index is 5.81. The summed E-state index contributed by atoms with van der Waals surface area (Å²) in [4.78, 5) is 4.16. The van der Waals surface area contributed by atoms with Crippen molar-refractivity contribution in [3.8, 4) is 11.6 Å². The van der Waals surface area contributed by atoms with Crippen LogP contribution >= 0.6 is 22.6 Å². The van der Waals surface area contributed by atoms with E-state index in [9.17, 15) is 0 Å². The molecule has 0 aliphatic carbocycles. The minimum absolute atomic E-state index is 0.0166. The highest BCUT2D eigenvalue weighted by Gasteiger charge is 2.03. The lowest BCUT2D eigenvalue weighted by Gasteiger charge is -2.08. The van der Waals surface area contributed by atoms with Gasteiger partial charge in [0, 0.05) is 21.9 Å². The molecule has 0 bridgehead atoms. The van der Waals surface area contributed by atoms with Gasteiger partial charge < -0.3 is 10.5 Å². The van der Waals surface area contributed by atoms with Gasteiger partial charge in [0.05, 0.1) is 0 Å². The first-order chi connectivity index (χ1) is 8.15. The average Bonchev–Trinajstić information content (AvgIpc) is 2.32. The number of nitrogens with zero attached hydrogens (tertiary/aromatic N) is 1. The maximum Gasteiger partial charge on any atom is 0.219 e. The number of pyridine rings is 1. The summed E-state index contributed by atoms with van der Waals surface area (Å²) in [5, 5.41) is 0. The van der Waals surface area contributed by atoms with Gasteiger partial charge in [-0.3, -0.25) is 0 Å². The lowest BCUT2D eigenvalue weighted by atomic mass is 10.1. The second kappa shape index (κ2) is 5.46. The molecule has 1 atom stereocenters. The first-order valence-electron chi connectivity index (χ1n) is 5.30. The van der Waals surface area contributed by atoms with Crippen LogP contribution in [0.2, 0.25) is 0 Å². The van der Waals surface area contributed by atoms with Crippen molar-refractivity contribution in [1.29, 1.82) is 0 Å². The topological polar surface area (TPSA) is 48.1 Å². The van der Waals surface area contributed by atoms with Gasteiger partial charge in [0.15, 0.2) is 0 Å². The van der Waals surface area contributed by atoms with Crippen molar-refractivity contribution in [1.82, 2.24) is 4.98 Å². The fourth-order valence-corrected chi connectivity index (χ4v) is 1.75. The first kappa shape index (κ1) is 12.3. The summed E-state index contributed by atoms with van der Waals surface area (Å²) in [5.74, 6) is 1.35. The van der Waals surface area contributed by atoms with E-state index in [2.05, 4.69) is 27.6 Å². The Morgan fingerprint density at radius 3 is 2.59 bits per heavy atom. The van der Waals surface area contributed by atoms with E-state index >= 15 is 0 Å². The highest BCUT2D eigenvalue weighted by atomic mass is 127. The Bertz CT molecular complexity index is 497. The van der Waals surface area contributed by atoms with Crippen LogP contribution in [-0.4, -0.2) is 4.98 Å². The Hall–Kier alpha value is -1.14. The molecule has 2 rings (SSSR count). The third-order valence-electron chi connectivity index (χ3n) is 2.32. The summed E-state index contributed by atoms with van der Waals surface area (Å²) in [6.45, 7) is 1.93. The van der Waals surface area contributed by atoms with E-state index in [1.807, 2.05) is 43.3 Å². The molecule has 4 heteroatoms. The predicted molar refractivity (Wildman–Crippen MR) is 76.1 cm³/mol. The molecule has 0 fully saturated rings. The van der Waals surface area contributed by atoms with Crippen LogP contribution in [0.5, 0.6) is 11.6 Å². The van der Waals surface area contributed by atoms with E-state index in [0.717, 1.165) is 11.3 Å². The molecule has 2 aromatic rings. The molecule has 2 N–H and O–H groups in total. The van der Waals surface area contributed by atoms with Crippen molar-refractivity contribution < 1.29 is 4.74 Å². The van der Waals surface area contributed by atoms with E-state index in [-0.39, 0.29) is 6.04 Å². The smallest absolute Gasteiger partial charge is 0.219 e. The standard InChI is InChI=1S/C13H13IN2O/c1-9(15)10-6-7-16-13(8-10)17-12-4-2-11(14)3-5-12/h2-9H,15H2,1H3/t9-/m1/s1. The number of nitrogens with two attached hydrogens (primary N) is 1. The van der Waals surface area contributed by atoms with Crippen LogP contribution in [0, 0.1) is 3.57 Å². The summed E-state index contributed by atoms with van der Waals surface area (Å²) < 4.78 is 6.83. The average molecular weight is 340 g/mol. The third kappa shape index (κ3) is 3.41. The predicted octanol–water partition coefficient (Wildman–Crippen LogP) is 3.50. The molecule has 1 aromatic carbocycles. The molecule has 1 aromatic heterocycles. The summed E-state index contributed by atoms with van der Waals surface area (Å²) >= 11 is 2.25. The van der Waals surface area contributed by atoms with Crippen LogP contribution in [0.4, 0.5) is 0 Å². The van der Waals surface area contributed by atoms with Gasteiger partial charge in [-0.2, -0.15) is 0 Å². The third-order valence-corrected chi connectivity index (χ3v) is 3.04. The molecule has 0 saturated carbocycles. The summed E-state index contributed by atoms with van der Waals surface area (Å²) in [5.41, 5.74) is 6.83. The second-order valence-electron chi connectivity index (χ2n) is 3.77. The molecule has 0 unspecified atom stereocenters. The van der Waals surface area contributed by atoms with Gasteiger partial charge in [0.2, 0.25) is 5.88 Å². The molecular formula is C13H13IN2O. The lowest BCUT2D eigenvalue weighted by molar-refractivity contribution is 0.461. The fourth-order valence-electron chi connectivity index (χ4n) is 1.39. The van der Waals surface area contributed by atoms with E-state index in [1.165, 1.54) is 3.57 Å². The second-order valence-corrected chi connectivity index (χ2v) is 5.02. The van der Waals surface area contributed by atoms with Crippen molar-refractivity contribution in [2.45, 2.75) is 13.0 Å². The molecule has 17 heavy (non-hydrogen) atoms. The minimum atomic E-state index is -0.0166. The van der Waals surface area contributed by atoms with Gasteiger partial charge in [-0.25, -0.2) is 4.98 Å². The molecule has 0 aliphatic heterocycles. The summed E-state index contributed by atoms with van der Waals surface area (Å²) in [6, 6.07) is 11.6. The molecule has 3 nitrogen and oxygen atoms in total. The van der Waals surface area contributed by atoms with Gasteiger partial charge in [-0.05, 0) is 65.4 Å². The highest BCUT2D eigenvalue weighted by Crippen LogP contribution is 2.22. The molecule has 0 spiro atoms. The Kier molecular flexibility index (Phi) is 3.96. The van der Waals surface area contributed by atoms with Gasteiger partial charge in [-0.1, -0.05) is 0 Å². The Morgan fingerprint density at radius 2 is 1.94 bits per heavy atom. The number of aromatic nitrogens is 1. The Morgan fingerprint density at radius 1 is 1.24 bits per heavy atom. The van der Waals surface area contributed by atoms with Crippen LogP contribution in [0.25, 0.3) is 0 Å². The fraction of sp³-hybridized carbons (Fsp3) is 0.154. The zero-order chi connectivity index (χ0) is 12.3. The zero-order valence-corrected chi connectivity index (χ0v) is 11.6. The SMILES string of the molecule is C[C@@H](N)c1ccnc(Oc2ccc(I)cc2)c1. The van der Waals surface area contributed by atoms with E-state index in [4.69, 9.17) is 10.5 Å². The van der Waals surface area contributed by atoms with Crippen molar-refractivity contribution >= 4 is 22.6 Å². The Labute approximate surface area is 114 Å².